The maximum absolute atomic E-state index is 13.3. The highest BCUT2D eigenvalue weighted by Crippen LogP contribution is 2.44. The molecule has 1 aliphatic rings. The number of amides is 1. The van der Waals surface area contributed by atoms with Crippen molar-refractivity contribution in [2.45, 2.75) is 38.4 Å². The number of Topliss-reactive ketones (excluding diaryl/α,β-unsaturated/α-hetero) is 1. The van der Waals surface area contributed by atoms with Crippen LogP contribution in [0.25, 0.3) is 5.76 Å². The van der Waals surface area contributed by atoms with Gasteiger partial charge in [-0.15, -0.1) is 0 Å². The molecule has 0 aromatic heterocycles. The number of aliphatic hydroxyl groups is 1. The van der Waals surface area contributed by atoms with Gasteiger partial charge in [0, 0.05) is 16.8 Å². The summed E-state index contributed by atoms with van der Waals surface area (Å²) in [7, 11) is 1.52. The molecular formula is C29H26F3NO5. The van der Waals surface area contributed by atoms with E-state index in [4.69, 9.17) is 4.74 Å². The number of aliphatic hydroxyl groups excluding tert-OH is 1. The zero-order chi connectivity index (χ0) is 28.0. The van der Waals surface area contributed by atoms with E-state index in [1.165, 1.54) is 25.3 Å². The molecule has 0 saturated carbocycles. The number of hydrogen-bond acceptors (Lipinski definition) is 5. The summed E-state index contributed by atoms with van der Waals surface area (Å²) in [5.41, 5.74) is -0.252. The van der Waals surface area contributed by atoms with E-state index in [0.29, 0.717) is 5.75 Å². The number of benzene rings is 3. The molecule has 9 heteroatoms. The van der Waals surface area contributed by atoms with Gasteiger partial charge in [-0.25, -0.2) is 0 Å². The average Bonchev–Trinajstić information content (AvgIpc) is 3.12. The Morgan fingerprint density at radius 1 is 0.947 bits per heavy atom. The van der Waals surface area contributed by atoms with Gasteiger partial charge in [-0.1, -0.05) is 32.9 Å². The second kappa shape index (κ2) is 9.55. The average molecular weight is 526 g/mol. The molecule has 0 spiro atoms. The van der Waals surface area contributed by atoms with Crippen LogP contribution in [0.4, 0.5) is 18.9 Å². The van der Waals surface area contributed by atoms with Gasteiger partial charge >= 0.3 is 6.18 Å². The van der Waals surface area contributed by atoms with Gasteiger partial charge in [0.1, 0.15) is 17.3 Å². The summed E-state index contributed by atoms with van der Waals surface area (Å²) in [6.07, 6.45) is -4.59. The first-order valence-electron chi connectivity index (χ1n) is 11.7. The Labute approximate surface area is 217 Å². The predicted octanol–water partition coefficient (Wildman–Crippen LogP) is 6.34. The monoisotopic (exact) mass is 525 g/mol. The lowest BCUT2D eigenvalue weighted by Gasteiger charge is -2.26. The molecule has 1 fully saturated rings. The van der Waals surface area contributed by atoms with Gasteiger partial charge in [-0.3, -0.25) is 14.5 Å². The molecule has 38 heavy (non-hydrogen) atoms. The van der Waals surface area contributed by atoms with Crippen LogP contribution in [0.5, 0.6) is 11.5 Å². The van der Waals surface area contributed by atoms with Crippen molar-refractivity contribution in [3.63, 3.8) is 0 Å². The SMILES string of the molecule is COc1ccc(/C(O)=C2/C(=O)C(=O)N(c3ccc(C(F)(F)F)cc3)C2c2cccc(O)c2)cc1C(C)(C)C. The molecular weight excluding hydrogens is 499 g/mol. The zero-order valence-corrected chi connectivity index (χ0v) is 21.1. The maximum Gasteiger partial charge on any atom is 0.416 e. The van der Waals surface area contributed by atoms with Crippen LogP contribution in [-0.4, -0.2) is 29.0 Å². The van der Waals surface area contributed by atoms with Crippen molar-refractivity contribution in [2.24, 2.45) is 0 Å². The minimum Gasteiger partial charge on any atom is -0.508 e. The topological polar surface area (TPSA) is 87.1 Å². The number of rotatable bonds is 4. The minimum absolute atomic E-state index is 0.0256. The Bertz CT molecular complexity index is 1440. The van der Waals surface area contributed by atoms with Crippen LogP contribution >= 0.6 is 0 Å². The number of methoxy groups -OCH3 is 1. The van der Waals surface area contributed by atoms with Crippen molar-refractivity contribution in [3.8, 4) is 11.5 Å². The third-order valence-electron chi connectivity index (χ3n) is 6.38. The minimum atomic E-state index is -4.59. The highest BCUT2D eigenvalue weighted by molar-refractivity contribution is 6.51. The fourth-order valence-corrected chi connectivity index (χ4v) is 4.52. The van der Waals surface area contributed by atoms with Crippen molar-refractivity contribution in [3.05, 3.63) is 94.6 Å². The van der Waals surface area contributed by atoms with E-state index in [1.54, 1.807) is 24.3 Å². The van der Waals surface area contributed by atoms with Gasteiger partial charge < -0.3 is 14.9 Å². The number of ketones is 1. The van der Waals surface area contributed by atoms with E-state index in [9.17, 15) is 33.0 Å². The number of alkyl halides is 3. The molecule has 4 rings (SSSR count). The number of phenols is 1. The van der Waals surface area contributed by atoms with Crippen LogP contribution in [0, 0.1) is 0 Å². The first kappa shape index (κ1) is 26.8. The van der Waals surface area contributed by atoms with E-state index >= 15 is 0 Å². The lowest BCUT2D eigenvalue weighted by Crippen LogP contribution is -2.29. The van der Waals surface area contributed by atoms with E-state index in [-0.39, 0.29) is 28.1 Å². The Morgan fingerprint density at radius 3 is 2.16 bits per heavy atom. The Kier molecular flexibility index (Phi) is 6.73. The van der Waals surface area contributed by atoms with Gasteiger partial charge in [-0.2, -0.15) is 13.2 Å². The van der Waals surface area contributed by atoms with Crippen molar-refractivity contribution in [1.82, 2.24) is 0 Å². The Morgan fingerprint density at radius 2 is 1.61 bits per heavy atom. The van der Waals surface area contributed by atoms with Gasteiger partial charge in [0.05, 0.1) is 24.3 Å². The quantitative estimate of drug-likeness (QED) is 0.236. The lowest BCUT2D eigenvalue weighted by atomic mass is 9.84. The number of carbonyl (C=O) groups excluding carboxylic acids is 2. The van der Waals surface area contributed by atoms with Gasteiger partial charge in [0.2, 0.25) is 0 Å². The maximum atomic E-state index is 13.3. The highest BCUT2D eigenvalue weighted by atomic mass is 19.4. The molecule has 3 aromatic rings. The van der Waals surface area contributed by atoms with Gasteiger partial charge in [-0.05, 0) is 65.6 Å². The van der Waals surface area contributed by atoms with Crippen LogP contribution in [0.15, 0.2) is 72.3 Å². The molecule has 6 nitrogen and oxygen atoms in total. The second-order valence-corrected chi connectivity index (χ2v) is 9.97. The summed E-state index contributed by atoms with van der Waals surface area (Å²) in [5.74, 6) is -2.07. The van der Waals surface area contributed by atoms with Crippen LogP contribution in [0.2, 0.25) is 0 Å². The molecule has 1 aliphatic heterocycles. The largest absolute Gasteiger partial charge is 0.508 e. The molecule has 1 saturated heterocycles. The van der Waals surface area contributed by atoms with Crippen molar-refractivity contribution in [1.29, 1.82) is 0 Å². The molecule has 1 unspecified atom stereocenters. The number of hydrogen-bond donors (Lipinski definition) is 2. The summed E-state index contributed by atoms with van der Waals surface area (Å²) in [6, 6.07) is 13.2. The number of anilines is 1. The number of aromatic hydroxyl groups is 1. The van der Waals surface area contributed by atoms with Crippen LogP contribution in [0.1, 0.15) is 49.1 Å². The molecule has 3 aromatic carbocycles. The van der Waals surface area contributed by atoms with Gasteiger partial charge in [0.15, 0.2) is 0 Å². The molecule has 1 amide bonds. The number of halogens is 3. The molecule has 1 heterocycles. The third kappa shape index (κ3) is 4.83. The molecule has 0 radical (unpaired) electrons. The zero-order valence-electron chi connectivity index (χ0n) is 21.1. The standard InChI is InChI=1S/C29H26F3NO5/c1-28(2,3)21-15-17(8-13-22(21)38-4)25(35)23-24(16-6-5-7-20(34)14-16)33(27(37)26(23)36)19-11-9-18(10-12-19)29(30,31)32/h5-15,24,34-35H,1-4H3/b25-23-. The highest BCUT2D eigenvalue weighted by Gasteiger charge is 2.47. The van der Waals surface area contributed by atoms with Crippen molar-refractivity contribution < 1.29 is 37.7 Å². The number of phenolic OH excluding ortho intramolecular Hbond substituents is 1. The Balaban J connectivity index is 1.94. The number of nitrogens with zero attached hydrogens (tertiary/aromatic N) is 1. The van der Waals surface area contributed by atoms with Gasteiger partial charge in [0.25, 0.3) is 11.7 Å². The molecule has 0 bridgehead atoms. The predicted molar refractivity (Wildman–Crippen MR) is 136 cm³/mol. The van der Waals surface area contributed by atoms with Crippen LogP contribution in [-0.2, 0) is 21.2 Å². The molecule has 1 atom stereocenters. The lowest BCUT2D eigenvalue weighted by molar-refractivity contribution is -0.137. The molecule has 2 N–H and O–H groups in total. The molecule has 0 aliphatic carbocycles. The summed E-state index contributed by atoms with van der Waals surface area (Å²) in [6.45, 7) is 5.85. The summed E-state index contributed by atoms with van der Waals surface area (Å²) in [4.78, 5) is 27.6. The third-order valence-corrected chi connectivity index (χ3v) is 6.38. The van der Waals surface area contributed by atoms with Crippen LogP contribution < -0.4 is 9.64 Å². The van der Waals surface area contributed by atoms with Crippen LogP contribution in [0.3, 0.4) is 0 Å². The first-order chi connectivity index (χ1) is 17.7. The smallest absolute Gasteiger partial charge is 0.416 e. The summed E-state index contributed by atoms with van der Waals surface area (Å²) < 4.78 is 44.9. The van der Waals surface area contributed by atoms with E-state index in [0.717, 1.165) is 34.7 Å². The Hall–Kier alpha value is -4.27. The molecule has 198 valence electrons. The fourth-order valence-electron chi connectivity index (χ4n) is 4.52. The van der Waals surface area contributed by atoms with E-state index in [1.807, 2.05) is 20.8 Å². The first-order valence-corrected chi connectivity index (χ1v) is 11.7. The number of ether oxygens (including phenoxy) is 1. The normalized spacial score (nSPS) is 17.7. The van der Waals surface area contributed by atoms with E-state index < -0.39 is 40.6 Å². The van der Waals surface area contributed by atoms with E-state index in [2.05, 4.69) is 0 Å². The summed E-state index contributed by atoms with van der Waals surface area (Å²) in [5, 5.41) is 21.5. The van der Waals surface area contributed by atoms with Crippen molar-refractivity contribution >= 4 is 23.1 Å². The number of carbonyl (C=O) groups is 2. The van der Waals surface area contributed by atoms with Crippen molar-refractivity contribution in [2.75, 3.05) is 12.0 Å². The fraction of sp³-hybridized carbons (Fsp3) is 0.241. The summed E-state index contributed by atoms with van der Waals surface area (Å²) >= 11 is 0. The second-order valence-electron chi connectivity index (χ2n) is 9.97.